The lowest BCUT2D eigenvalue weighted by Gasteiger charge is -2.09. The second-order valence-corrected chi connectivity index (χ2v) is 6.36. The number of aromatic nitrogens is 4. The third-order valence-corrected chi connectivity index (χ3v) is 4.16. The van der Waals surface area contributed by atoms with Crippen LogP contribution in [0, 0.1) is 13.8 Å². The Labute approximate surface area is 161 Å². The Morgan fingerprint density at radius 1 is 1.11 bits per heavy atom. The van der Waals surface area contributed by atoms with Gasteiger partial charge in [0.1, 0.15) is 5.82 Å². The number of nitrogens with one attached hydrogen (secondary N) is 3. The van der Waals surface area contributed by atoms with Crippen LogP contribution in [0.5, 0.6) is 0 Å². The molecule has 1 aromatic carbocycles. The van der Waals surface area contributed by atoms with Crippen molar-refractivity contribution in [1.82, 2.24) is 25.3 Å². The van der Waals surface area contributed by atoms with Crippen LogP contribution < -0.4 is 16.0 Å². The molecule has 0 atom stereocenters. The van der Waals surface area contributed by atoms with Crippen molar-refractivity contribution < 1.29 is 4.79 Å². The van der Waals surface area contributed by atoms with E-state index >= 15 is 0 Å². The Morgan fingerprint density at radius 3 is 2.63 bits per heavy atom. The van der Waals surface area contributed by atoms with Crippen molar-refractivity contribution in [3.05, 3.63) is 58.9 Å². The molecule has 0 unspecified atom stereocenters. The molecule has 2 amide bonds. The number of nitrogens with zero attached hydrogens (tertiary/aromatic N) is 4. The van der Waals surface area contributed by atoms with Crippen molar-refractivity contribution in [2.24, 2.45) is 0 Å². The van der Waals surface area contributed by atoms with Gasteiger partial charge >= 0.3 is 6.03 Å². The predicted molar refractivity (Wildman–Crippen MR) is 106 cm³/mol. The van der Waals surface area contributed by atoms with Crippen molar-refractivity contribution in [3.63, 3.8) is 0 Å². The van der Waals surface area contributed by atoms with Crippen molar-refractivity contribution in [3.8, 4) is 5.82 Å². The molecule has 27 heavy (non-hydrogen) atoms. The number of anilines is 2. The van der Waals surface area contributed by atoms with E-state index in [-0.39, 0.29) is 6.03 Å². The number of rotatable bonds is 6. The highest BCUT2D eigenvalue weighted by Crippen LogP contribution is 2.19. The Bertz CT molecular complexity index is 924. The van der Waals surface area contributed by atoms with Gasteiger partial charge in [0, 0.05) is 30.0 Å². The third-order valence-electron chi connectivity index (χ3n) is 3.75. The highest BCUT2D eigenvalue weighted by atomic mass is 35.5. The summed E-state index contributed by atoms with van der Waals surface area (Å²) in [5.41, 5.74) is 2.52. The summed E-state index contributed by atoms with van der Waals surface area (Å²) in [6.07, 6.45) is 1.83. The lowest BCUT2D eigenvalue weighted by Crippen LogP contribution is -2.32. The van der Waals surface area contributed by atoms with E-state index in [0.717, 1.165) is 11.3 Å². The summed E-state index contributed by atoms with van der Waals surface area (Å²) in [4.78, 5) is 11.9. The molecule has 0 aliphatic rings. The van der Waals surface area contributed by atoms with E-state index in [9.17, 15) is 4.79 Å². The highest BCUT2D eigenvalue weighted by Gasteiger charge is 2.04. The number of halogens is 1. The van der Waals surface area contributed by atoms with E-state index in [4.69, 9.17) is 11.6 Å². The number of urea groups is 1. The molecular formula is C18H20ClN7O. The summed E-state index contributed by atoms with van der Waals surface area (Å²) in [6.45, 7) is 4.75. The molecule has 0 spiro atoms. The Balaban J connectivity index is 1.41. The van der Waals surface area contributed by atoms with E-state index in [0.29, 0.717) is 35.4 Å². The van der Waals surface area contributed by atoms with E-state index in [2.05, 4.69) is 31.2 Å². The summed E-state index contributed by atoms with van der Waals surface area (Å²) < 4.78 is 1.66. The van der Waals surface area contributed by atoms with Crippen LogP contribution in [-0.4, -0.2) is 39.1 Å². The molecule has 0 aliphatic carbocycles. The molecule has 0 radical (unpaired) electrons. The number of carbonyl (C=O) groups is 1. The monoisotopic (exact) mass is 385 g/mol. The van der Waals surface area contributed by atoms with E-state index < -0.39 is 0 Å². The van der Waals surface area contributed by atoms with Crippen LogP contribution in [0.3, 0.4) is 0 Å². The molecule has 140 valence electrons. The first kappa shape index (κ1) is 18.7. The topological polar surface area (TPSA) is 96.8 Å². The molecule has 3 aromatic rings. The molecule has 2 heterocycles. The molecule has 0 fully saturated rings. The van der Waals surface area contributed by atoms with Gasteiger partial charge < -0.3 is 16.0 Å². The van der Waals surface area contributed by atoms with Crippen LogP contribution in [0.2, 0.25) is 5.02 Å². The maximum atomic E-state index is 11.9. The smallest absolute Gasteiger partial charge is 0.319 e. The lowest BCUT2D eigenvalue weighted by atomic mass is 10.2. The zero-order valence-corrected chi connectivity index (χ0v) is 15.8. The van der Waals surface area contributed by atoms with Crippen LogP contribution in [0.1, 0.15) is 11.3 Å². The normalized spacial score (nSPS) is 10.5. The second-order valence-electron chi connectivity index (χ2n) is 5.95. The quantitative estimate of drug-likeness (QED) is 0.566. The summed E-state index contributed by atoms with van der Waals surface area (Å²) in [6, 6.07) is 10.6. The maximum Gasteiger partial charge on any atom is 0.319 e. The number of hydrogen-bond donors (Lipinski definition) is 3. The molecule has 0 saturated heterocycles. The van der Waals surface area contributed by atoms with Gasteiger partial charge in [-0.3, -0.25) is 0 Å². The van der Waals surface area contributed by atoms with Gasteiger partial charge in [0.15, 0.2) is 5.82 Å². The van der Waals surface area contributed by atoms with Gasteiger partial charge in [-0.05, 0) is 49.7 Å². The minimum Gasteiger partial charge on any atom is -0.367 e. The zero-order valence-electron chi connectivity index (χ0n) is 15.0. The zero-order chi connectivity index (χ0) is 19.2. The SMILES string of the molecule is Cc1ccn(-c2ccc(NCCNC(=O)Nc3ccc(C)c(Cl)c3)nn2)n1. The number of hydrogen-bond acceptors (Lipinski definition) is 5. The average Bonchev–Trinajstić information content (AvgIpc) is 3.09. The first-order chi connectivity index (χ1) is 13.0. The van der Waals surface area contributed by atoms with Gasteiger partial charge in [-0.15, -0.1) is 10.2 Å². The van der Waals surface area contributed by atoms with Crippen LogP contribution in [-0.2, 0) is 0 Å². The van der Waals surface area contributed by atoms with Crippen LogP contribution >= 0.6 is 11.6 Å². The molecule has 8 nitrogen and oxygen atoms in total. The fourth-order valence-electron chi connectivity index (χ4n) is 2.30. The largest absolute Gasteiger partial charge is 0.367 e. The Morgan fingerprint density at radius 2 is 1.96 bits per heavy atom. The molecule has 0 bridgehead atoms. The van der Waals surface area contributed by atoms with Crippen LogP contribution in [0.25, 0.3) is 5.82 Å². The Kier molecular flexibility index (Phi) is 5.87. The molecule has 0 saturated carbocycles. The summed E-state index contributed by atoms with van der Waals surface area (Å²) in [7, 11) is 0. The predicted octanol–water partition coefficient (Wildman–Crippen LogP) is 3.17. The van der Waals surface area contributed by atoms with Gasteiger partial charge in [-0.1, -0.05) is 17.7 Å². The van der Waals surface area contributed by atoms with Crippen molar-refractivity contribution in [2.75, 3.05) is 23.7 Å². The molecule has 3 N–H and O–H groups in total. The number of carbonyl (C=O) groups excluding carboxylic acids is 1. The third kappa shape index (κ3) is 5.18. The van der Waals surface area contributed by atoms with Crippen molar-refractivity contribution in [2.45, 2.75) is 13.8 Å². The Hall–Kier alpha value is -3.13. The van der Waals surface area contributed by atoms with E-state index in [1.165, 1.54) is 0 Å². The minimum absolute atomic E-state index is 0.299. The second kappa shape index (κ2) is 8.50. The highest BCUT2D eigenvalue weighted by molar-refractivity contribution is 6.31. The van der Waals surface area contributed by atoms with Crippen molar-refractivity contribution in [1.29, 1.82) is 0 Å². The van der Waals surface area contributed by atoms with Crippen LogP contribution in [0.4, 0.5) is 16.3 Å². The summed E-state index contributed by atoms with van der Waals surface area (Å²) >= 11 is 6.04. The molecule has 0 aliphatic heterocycles. The number of aryl methyl sites for hydroxylation is 2. The van der Waals surface area contributed by atoms with Crippen LogP contribution in [0.15, 0.2) is 42.6 Å². The molecule has 2 aromatic heterocycles. The first-order valence-corrected chi connectivity index (χ1v) is 8.80. The average molecular weight is 386 g/mol. The fourth-order valence-corrected chi connectivity index (χ4v) is 2.48. The van der Waals surface area contributed by atoms with Crippen molar-refractivity contribution >= 4 is 29.1 Å². The minimum atomic E-state index is -0.299. The van der Waals surface area contributed by atoms with Gasteiger partial charge in [0.05, 0.1) is 5.69 Å². The first-order valence-electron chi connectivity index (χ1n) is 8.42. The van der Waals surface area contributed by atoms with Gasteiger partial charge in [0.25, 0.3) is 0 Å². The van der Waals surface area contributed by atoms with Gasteiger partial charge in [0.2, 0.25) is 0 Å². The van der Waals surface area contributed by atoms with Gasteiger partial charge in [-0.25, -0.2) is 9.48 Å². The van der Waals surface area contributed by atoms with E-state index in [1.807, 2.05) is 44.3 Å². The number of benzene rings is 1. The molecular weight excluding hydrogens is 366 g/mol. The lowest BCUT2D eigenvalue weighted by molar-refractivity contribution is 0.252. The molecule has 9 heteroatoms. The standard InChI is InChI=1S/C18H20ClN7O/c1-12-3-4-14(11-15(12)19)22-18(27)21-9-8-20-16-5-6-17(24-23-16)26-10-7-13(2)25-26/h3-7,10-11H,8-9H2,1-2H3,(H,20,23)(H2,21,22,27). The summed E-state index contributed by atoms with van der Waals surface area (Å²) in [5, 5.41) is 21.7. The van der Waals surface area contributed by atoms with Gasteiger partial charge in [-0.2, -0.15) is 5.10 Å². The fraction of sp³-hybridized carbons (Fsp3) is 0.222. The number of amides is 2. The summed E-state index contributed by atoms with van der Waals surface area (Å²) in [5.74, 6) is 1.26. The maximum absolute atomic E-state index is 11.9. The molecule has 3 rings (SSSR count). The van der Waals surface area contributed by atoms with E-state index in [1.54, 1.807) is 16.8 Å².